The summed E-state index contributed by atoms with van der Waals surface area (Å²) in [7, 11) is -3.90. The minimum Gasteiger partial charge on any atom is -0.323 e. The minimum atomic E-state index is -3.90. The molecule has 6 heteroatoms. The molecule has 0 aliphatic rings. The highest BCUT2D eigenvalue weighted by Crippen LogP contribution is 2.31. The first-order chi connectivity index (χ1) is 3.06. The van der Waals surface area contributed by atoms with Crippen molar-refractivity contribution in [2.75, 3.05) is 6.29 Å². The molecule has 0 amide bonds. The van der Waals surface area contributed by atoms with Crippen LogP contribution in [0.1, 0.15) is 0 Å². The summed E-state index contributed by atoms with van der Waals surface area (Å²) in [4.78, 5) is 16.0. The summed E-state index contributed by atoms with van der Waals surface area (Å²) >= 11 is 0. The van der Waals surface area contributed by atoms with E-state index in [2.05, 4.69) is 5.84 Å². The average Bonchev–Trinajstić information content (AvgIpc) is 1.30. The lowest BCUT2D eigenvalue weighted by atomic mass is 11.5. The van der Waals surface area contributed by atoms with Crippen LogP contribution in [0.15, 0.2) is 0 Å². The van der Waals surface area contributed by atoms with Crippen LogP contribution in [-0.2, 0) is 4.57 Å². The molecule has 0 aromatic carbocycles. The van der Waals surface area contributed by atoms with E-state index in [9.17, 15) is 4.57 Å². The van der Waals surface area contributed by atoms with Crippen molar-refractivity contribution in [3.8, 4) is 0 Å². The highest BCUT2D eigenvalue weighted by Gasteiger charge is 2.08. The molecule has 0 heterocycles. The van der Waals surface area contributed by atoms with E-state index in [0.717, 1.165) is 0 Å². The largest absolute Gasteiger partial charge is 0.340 e. The van der Waals surface area contributed by atoms with E-state index in [4.69, 9.17) is 9.79 Å². The topological polar surface area (TPSA) is 95.6 Å². The molecule has 0 aliphatic carbocycles. The van der Waals surface area contributed by atoms with Crippen LogP contribution in [0.2, 0.25) is 0 Å². The first kappa shape index (κ1) is 7.07. The first-order valence-electron chi connectivity index (χ1n) is 1.54. The van der Waals surface area contributed by atoms with Crippen LogP contribution in [0.3, 0.4) is 0 Å². The van der Waals surface area contributed by atoms with Gasteiger partial charge >= 0.3 is 7.60 Å². The number of hydrogen-bond acceptors (Lipinski definition) is 3. The minimum absolute atomic E-state index is 0.465. The van der Waals surface area contributed by atoms with Gasteiger partial charge in [0.1, 0.15) is 6.29 Å². The molecule has 0 atom stereocenters. The third-order valence-corrected chi connectivity index (χ3v) is 0.892. The molecular formula is CH7N2O3P. The summed E-state index contributed by atoms with van der Waals surface area (Å²) in [5.74, 6) is 4.57. The van der Waals surface area contributed by atoms with Crippen molar-refractivity contribution in [1.29, 1.82) is 0 Å². The maximum absolute atomic E-state index is 9.78. The van der Waals surface area contributed by atoms with E-state index in [-0.39, 0.29) is 0 Å². The molecule has 0 spiro atoms. The first-order valence-corrected chi connectivity index (χ1v) is 3.34. The van der Waals surface area contributed by atoms with E-state index >= 15 is 0 Å². The molecule has 0 fully saturated rings. The maximum atomic E-state index is 9.78. The molecule has 0 aliphatic heterocycles. The van der Waals surface area contributed by atoms with Crippen molar-refractivity contribution in [3.05, 3.63) is 0 Å². The molecule has 0 aromatic rings. The van der Waals surface area contributed by atoms with Gasteiger partial charge in [0.05, 0.1) is 0 Å². The fraction of sp³-hybridized carbons (Fsp3) is 1.00. The summed E-state index contributed by atoms with van der Waals surface area (Å²) in [6.45, 7) is 0. The SMILES string of the molecule is NNCP(=O)(O)O. The summed E-state index contributed by atoms with van der Waals surface area (Å²) < 4.78 is 9.78. The van der Waals surface area contributed by atoms with Crippen LogP contribution in [0.5, 0.6) is 0 Å². The van der Waals surface area contributed by atoms with Crippen LogP contribution >= 0.6 is 7.60 Å². The Kier molecular flexibility index (Phi) is 2.42. The van der Waals surface area contributed by atoms with Crippen LogP contribution in [0, 0.1) is 0 Å². The lowest BCUT2D eigenvalue weighted by molar-refractivity contribution is 0.368. The van der Waals surface area contributed by atoms with Crippen LogP contribution in [0.25, 0.3) is 0 Å². The lowest BCUT2D eigenvalue weighted by Gasteiger charge is -1.98. The molecule has 0 bridgehead atoms. The second kappa shape index (κ2) is 2.40. The molecule has 0 rings (SSSR count). The van der Waals surface area contributed by atoms with Gasteiger partial charge < -0.3 is 9.79 Å². The Hall–Kier alpha value is 0.0700. The van der Waals surface area contributed by atoms with E-state index in [0.29, 0.717) is 0 Å². The molecule has 0 saturated heterocycles. The molecule has 5 nitrogen and oxygen atoms in total. The van der Waals surface area contributed by atoms with Crippen molar-refractivity contribution in [1.82, 2.24) is 5.43 Å². The zero-order valence-electron chi connectivity index (χ0n) is 3.53. The average molecular weight is 126 g/mol. The summed E-state index contributed by atoms with van der Waals surface area (Å²) in [6.07, 6.45) is -0.465. The number of rotatable bonds is 2. The number of nitrogens with two attached hydrogens (primary N) is 1. The third-order valence-electron chi connectivity index (χ3n) is 0.297. The summed E-state index contributed by atoms with van der Waals surface area (Å²) in [5, 5.41) is 0. The highest BCUT2D eigenvalue weighted by molar-refractivity contribution is 7.51. The number of hydrogen-bond donors (Lipinski definition) is 4. The van der Waals surface area contributed by atoms with Crippen molar-refractivity contribution < 1.29 is 14.4 Å². The molecule has 5 N–H and O–H groups in total. The van der Waals surface area contributed by atoms with Gasteiger partial charge in [0.15, 0.2) is 0 Å². The Bertz CT molecular complexity index is 86.9. The molecule has 0 unspecified atom stereocenters. The molecular weight excluding hydrogens is 119 g/mol. The van der Waals surface area contributed by atoms with Crippen molar-refractivity contribution in [2.45, 2.75) is 0 Å². The molecule has 7 heavy (non-hydrogen) atoms. The van der Waals surface area contributed by atoms with Crippen molar-refractivity contribution in [3.63, 3.8) is 0 Å². The van der Waals surface area contributed by atoms with Gasteiger partial charge in [-0.25, -0.2) is 5.43 Å². The van der Waals surface area contributed by atoms with E-state index in [1.165, 1.54) is 0 Å². The highest BCUT2D eigenvalue weighted by atomic mass is 31.2. The lowest BCUT2D eigenvalue weighted by Crippen LogP contribution is -2.22. The van der Waals surface area contributed by atoms with Gasteiger partial charge in [-0.15, -0.1) is 0 Å². The van der Waals surface area contributed by atoms with Crippen molar-refractivity contribution >= 4 is 7.60 Å². The summed E-state index contributed by atoms with van der Waals surface area (Å²) in [6, 6.07) is 0. The maximum Gasteiger partial charge on any atom is 0.340 e. The molecule has 0 aromatic heterocycles. The van der Waals surface area contributed by atoms with Gasteiger partial charge in [-0.2, -0.15) is 0 Å². The Balaban J connectivity index is 3.36. The van der Waals surface area contributed by atoms with Gasteiger partial charge in [-0.05, 0) is 0 Å². The fourth-order valence-electron chi connectivity index (χ4n) is 0.119. The molecule has 0 radical (unpaired) electrons. The molecule has 0 saturated carbocycles. The van der Waals surface area contributed by atoms with Crippen molar-refractivity contribution in [2.24, 2.45) is 5.84 Å². The van der Waals surface area contributed by atoms with E-state index in [1.807, 2.05) is 5.43 Å². The Labute approximate surface area is 40.7 Å². The quantitative estimate of drug-likeness (QED) is 0.207. The summed E-state index contributed by atoms with van der Waals surface area (Å²) in [5.41, 5.74) is 1.84. The third kappa shape index (κ3) is 6.07. The zero-order chi connectivity index (χ0) is 5.91. The number of hydrazine groups is 1. The van der Waals surface area contributed by atoms with Gasteiger partial charge in [0.2, 0.25) is 0 Å². The Morgan fingerprint density at radius 3 is 2.14 bits per heavy atom. The van der Waals surface area contributed by atoms with Gasteiger partial charge in [-0.1, -0.05) is 0 Å². The van der Waals surface area contributed by atoms with Gasteiger partial charge in [0, 0.05) is 0 Å². The van der Waals surface area contributed by atoms with Gasteiger partial charge in [-0.3, -0.25) is 10.4 Å². The monoisotopic (exact) mass is 126 g/mol. The van der Waals surface area contributed by atoms with E-state index < -0.39 is 13.9 Å². The van der Waals surface area contributed by atoms with E-state index in [1.54, 1.807) is 0 Å². The van der Waals surface area contributed by atoms with Gasteiger partial charge in [0.25, 0.3) is 0 Å². The number of nitrogens with one attached hydrogen (secondary N) is 1. The molecule has 44 valence electrons. The van der Waals surface area contributed by atoms with Crippen LogP contribution < -0.4 is 11.3 Å². The normalized spacial score (nSPS) is 11.9. The Morgan fingerprint density at radius 2 is 2.14 bits per heavy atom. The fourth-order valence-corrected chi connectivity index (χ4v) is 0.357. The zero-order valence-corrected chi connectivity index (χ0v) is 4.43. The smallest absolute Gasteiger partial charge is 0.323 e. The second-order valence-electron chi connectivity index (χ2n) is 1.03. The van der Waals surface area contributed by atoms with Crippen LogP contribution in [-0.4, -0.2) is 16.1 Å². The predicted molar refractivity (Wildman–Crippen MR) is 24.2 cm³/mol. The van der Waals surface area contributed by atoms with Crippen LogP contribution in [0.4, 0.5) is 0 Å². The Morgan fingerprint density at radius 1 is 1.71 bits per heavy atom. The second-order valence-corrected chi connectivity index (χ2v) is 2.67. The predicted octanol–water partition coefficient (Wildman–Crippen LogP) is -1.42. The standard InChI is InChI=1S/CH7N2O3P/c2-3-1-7(4,5)6/h3H,1-2H2,(H2,4,5,6).